The third-order valence-corrected chi connectivity index (χ3v) is 4.09. The summed E-state index contributed by atoms with van der Waals surface area (Å²) in [4.78, 5) is 23.3. The first-order chi connectivity index (χ1) is 11.7. The zero-order valence-corrected chi connectivity index (χ0v) is 13.8. The van der Waals surface area contributed by atoms with E-state index in [1.807, 2.05) is 12.1 Å². The highest BCUT2D eigenvalue weighted by Gasteiger charge is 2.10. The summed E-state index contributed by atoms with van der Waals surface area (Å²) in [7, 11) is 0. The highest BCUT2D eigenvalue weighted by atomic mass is 16.2. The van der Waals surface area contributed by atoms with Crippen molar-refractivity contribution in [2.45, 2.75) is 45.1 Å². The summed E-state index contributed by atoms with van der Waals surface area (Å²) >= 11 is 0. The van der Waals surface area contributed by atoms with Gasteiger partial charge in [0.1, 0.15) is 6.42 Å². The van der Waals surface area contributed by atoms with Gasteiger partial charge in [0.25, 0.3) is 0 Å². The first-order valence-corrected chi connectivity index (χ1v) is 8.39. The summed E-state index contributed by atoms with van der Waals surface area (Å²) < 4.78 is 0. The Kier molecular flexibility index (Phi) is 7.03. The molecule has 0 atom stereocenters. The fourth-order valence-corrected chi connectivity index (χ4v) is 2.83. The van der Waals surface area contributed by atoms with Crippen LogP contribution in [0.4, 0.5) is 5.69 Å². The standard InChI is InChI=1S/C19H23N3O2/c20-12-11-19(24)22-17-8-4-7-16(13-17)14-21-18(23)10-9-15-5-2-1-3-6-15/h4,7-10,13,15H,1-3,5-6,11,14H2,(H,21,23)(H,22,24)/b10-9+. The lowest BCUT2D eigenvalue weighted by Gasteiger charge is -2.17. The smallest absolute Gasteiger partial charge is 0.243 e. The fraction of sp³-hybridized carbons (Fsp3) is 0.421. The molecule has 0 aromatic heterocycles. The highest BCUT2D eigenvalue weighted by Crippen LogP contribution is 2.24. The number of nitriles is 1. The Morgan fingerprint density at radius 1 is 1.25 bits per heavy atom. The quantitative estimate of drug-likeness (QED) is 0.787. The number of anilines is 1. The second-order valence-electron chi connectivity index (χ2n) is 6.06. The molecule has 0 radical (unpaired) electrons. The van der Waals surface area contributed by atoms with Gasteiger partial charge < -0.3 is 10.6 Å². The van der Waals surface area contributed by atoms with Crippen LogP contribution >= 0.6 is 0 Å². The molecule has 1 aromatic rings. The summed E-state index contributed by atoms with van der Waals surface area (Å²) in [5, 5.41) is 14.0. The lowest BCUT2D eigenvalue weighted by Crippen LogP contribution is -2.21. The van der Waals surface area contributed by atoms with Crippen LogP contribution < -0.4 is 10.6 Å². The van der Waals surface area contributed by atoms with Gasteiger partial charge in [0.05, 0.1) is 6.07 Å². The van der Waals surface area contributed by atoms with E-state index >= 15 is 0 Å². The molecule has 5 nitrogen and oxygen atoms in total. The van der Waals surface area contributed by atoms with Gasteiger partial charge >= 0.3 is 0 Å². The SMILES string of the molecule is N#CCC(=O)Nc1cccc(CNC(=O)/C=C/C2CCCCC2)c1. The Morgan fingerprint density at radius 3 is 2.79 bits per heavy atom. The maximum Gasteiger partial charge on any atom is 0.243 e. The van der Waals surface area contributed by atoms with Crippen molar-refractivity contribution >= 4 is 17.5 Å². The molecular weight excluding hydrogens is 302 g/mol. The molecule has 0 aliphatic heterocycles. The molecule has 2 rings (SSSR count). The van der Waals surface area contributed by atoms with Crippen LogP contribution in [-0.2, 0) is 16.1 Å². The maximum absolute atomic E-state index is 11.9. The Hall–Kier alpha value is -2.61. The van der Waals surface area contributed by atoms with Crippen LogP contribution in [0.25, 0.3) is 0 Å². The second-order valence-corrected chi connectivity index (χ2v) is 6.06. The van der Waals surface area contributed by atoms with E-state index in [0.717, 1.165) is 5.56 Å². The zero-order valence-electron chi connectivity index (χ0n) is 13.8. The molecule has 1 aromatic carbocycles. The van der Waals surface area contributed by atoms with Crippen LogP contribution in [0.5, 0.6) is 0 Å². The van der Waals surface area contributed by atoms with E-state index in [9.17, 15) is 9.59 Å². The molecular formula is C19H23N3O2. The van der Waals surface area contributed by atoms with Gasteiger partial charge in [-0.25, -0.2) is 0 Å². The Balaban J connectivity index is 1.80. The lowest BCUT2D eigenvalue weighted by molar-refractivity contribution is -0.117. The van der Waals surface area contributed by atoms with Gasteiger partial charge in [-0.1, -0.05) is 37.5 Å². The number of allylic oxidation sites excluding steroid dienone is 1. The summed E-state index contributed by atoms with van der Waals surface area (Å²) in [5.41, 5.74) is 1.52. The average Bonchev–Trinajstić information content (AvgIpc) is 2.59. The molecule has 1 aliphatic rings. The topological polar surface area (TPSA) is 82.0 Å². The van der Waals surface area contributed by atoms with E-state index in [0.29, 0.717) is 18.2 Å². The van der Waals surface area contributed by atoms with Gasteiger partial charge in [-0.15, -0.1) is 0 Å². The van der Waals surface area contributed by atoms with Gasteiger partial charge in [0, 0.05) is 12.2 Å². The van der Waals surface area contributed by atoms with Crippen LogP contribution in [0.1, 0.15) is 44.1 Å². The molecule has 24 heavy (non-hydrogen) atoms. The number of nitrogens with zero attached hydrogens (tertiary/aromatic N) is 1. The van der Waals surface area contributed by atoms with Crippen molar-refractivity contribution < 1.29 is 9.59 Å². The van der Waals surface area contributed by atoms with E-state index in [-0.39, 0.29) is 18.2 Å². The first kappa shape index (κ1) is 17.7. The summed E-state index contributed by atoms with van der Waals surface area (Å²) in [6.45, 7) is 0.399. The van der Waals surface area contributed by atoms with Crippen LogP contribution in [0.15, 0.2) is 36.4 Å². The average molecular weight is 325 g/mol. The van der Waals surface area contributed by atoms with E-state index in [1.165, 1.54) is 32.1 Å². The third kappa shape index (κ3) is 6.25. The van der Waals surface area contributed by atoms with Crippen molar-refractivity contribution in [1.82, 2.24) is 5.32 Å². The summed E-state index contributed by atoms with van der Waals surface area (Å²) in [6, 6.07) is 9.04. The normalized spacial score (nSPS) is 15.0. The highest BCUT2D eigenvalue weighted by molar-refractivity contribution is 5.92. The molecule has 1 aliphatic carbocycles. The van der Waals surface area contributed by atoms with E-state index in [4.69, 9.17) is 5.26 Å². The van der Waals surface area contributed by atoms with E-state index < -0.39 is 0 Å². The van der Waals surface area contributed by atoms with Gasteiger partial charge in [0.15, 0.2) is 0 Å². The number of rotatable bonds is 6. The monoisotopic (exact) mass is 325 g/mol. The number of hydrogen-bond donors (Lipinski definition) is 2. The molecule has 0 bridgehead atoms. The summed E-state index contributed by atoms with van der Waals surface area (Å²) in [5.74, 6) is 0.0942. The van der Waals surface area contributed by atoms with Crippen LogP contribution in [0.2, 0.25) is 0 Å². The van der Waals surface area contributed by atoms with Crippen molar-refractivity contribution in [2.24, 2.45) is 5.92 Å². The second kappa shape index (κ2) is 9.51. The van der Waals surface area contributed by atoms with Gasteiger partial charge in [-0.3, -0.25) is 9.59 Å². The van der Waals surface area contributed by atoms with Crippen molar-refractivity contribution in [3.8, 4) is 6.07 Å². The van der Waals surface area contributed by atoms with Crippen molar-refractivity contribution in [3.63, 3.8) is 0 Å². The Bertz CT molecular complexity index is 640. The predicted octanol–water partition coefficient (Wildman–Crippen LogP) is 3.29. The number of carbonyl (C=O) groups is 2. The minimum absolute atomic E-state index is 0.0977. The number of nitrogens with one attached hydrogen (secondary N) is 2. The largest absolute Gasteiger partial charge is 0.348 e. The van der Waals surface area contributed by atoms with Crippen LogP contribution in [-0.4, -0.2) is 11.8 Å². The number of hydrogen-bond acceptors (Lipinski definition) is 3. The molecule has 5 heteroatoms. The molecule has 1 fully saturated rings. The van der Waals surface area contributed by atoms with Crippen LogP contribution in [0, 0.1) is 17.2 Å². The summed E-state index contributed by atoms with van der Waals surface area (Å²) in [6.07, 6.45) is 9.64. The molecule has 0 heterocycles. The van der Waals surface area contributed by atoms with Crippen molar-refractivity contribution in [1.29, 1.82) is 5.26 Å². The van der Waals surface area contributed by atoms with Gasteiger partial charge in [0.2, 0.25) is 11.8 Å². The molecule has 2 amide bonds. The fourth-order valence-electron chi connectivity index (χ4n) is 2.83. The molecule has 1 saturated carbocycles. The molecule has 2 N–H and O–H groups in total. The number of benzene rings is 1. The molecule has 0 unspecified atom stereocenters. The lowest BCUT2D eigenvalue weighted by atomic mass is 9.89. The number of amides is 2. The first-order valence-electron chi connectivity index (χ1n) is 8.39. The van der Waals surface area contributed by atoms with E-state index in [2.05, 4.69) is 10.6 Å². The molecule has 0 saturated heterocycles. The number of carbonyl (C=O) groups excluding carboxylic acids is 2. The van der Waals surface area contributed by atoms with Gasteiger partial charge in [-0.05, 0) is 42.5 Å². The zero-order chi connectivity index (χ0) is 17.2. The third-order valence-electron chi connectivity index (χ3n) is 4.09. The van der Waals surface area contributed by atoms with E-state index in [1.54, 1.807) is 30.3 Å². The maximum atomic E-state index is 11.9. The van der Waals surface area contributed by atoms with Crippen molar-refractivity contribution in [2.75, 3.05) is 5.32 Å². The Morgan fingerprint density at radius 2 is 2.04 bits per heavy atom. The Labute approximate surface area is 142 Å². The molecule has 0 spiro atoms. The minimum Gasteiger partial charge on any atom is -0.348 e. The minimum atomic E-state index is -0.339. The van der Waals surface area contributed by atoms with Crippen LogP contribution in [0.3, 0.4) is 0 Å². The predicted molar refractivity (Wildman–Crippen MR) is 92.9 cm³/mol. The van der Waals surface area contributed by atoms with Gasteiger partial charge in [-0.2, -0.15) is 5.26 Å². The molecule has 126 valence electrons. The van der Waals surface area contributed by atoms with Crippen molar-refractivity contribution in [3.05, 3.63) is 42.0 Å².